The third kappa shape index (κ3) is 6.10. The number of pyridine rings is 1. The number of ether oxygens (including phenoxy) is 1. The van der Waals surface area contributed by atoms with Crippen LogP contribution >= 0.6 is 0 Å². The van der Waals surface area contributed by atoms with Crippen molar-refractivity contribution in [1.82, 2.24) is 4.98 Å². The number of halogens is 1. The number of aliphatic hydroxyl groups is 1. The molecule has 0 saturated carbocycles. The SMILES string of the molecule is COC(=O)C(O)CCCCC=Cc1ccc(F)nc1. The normalized spacial score (nSPS) is 12.6. The Kier molecular flexibility index (Phi) is 6.74. The van der Waals surface area contributed by atoms with Crippen LogP contribution in [0.5, 0.6) is 0 Å². The molecule has 1 aromatic rings. The molecule has 0 fully saturated rings. The van der Waals surface area contributed by atoms with Crippen molar-refractivity contribution in [3.63, 3.8) is 0 Å². The lowest BCUT2D eigenvalue weighted by atomic mass is 10.1. The fourth-order valence-corrected chi connectivity index (χ4v) is 1.56. The van der Waals surface area contributed by atoms with Crippen molar-refractivity contribution in [2.24, 2.45) is 0 Å². The molecule has 0 amide bonds. The van der Waals surface area contributed by atoms with E-state index in [0.717, 1.165) is 24.8 Å². The Labute approximate surface area is 111 Å². The van der Waals surface area contributed by atoms with Gasteiger partial charge in [-0.05, 0) is 43.4 Å². The van der Waals surface area contributed by atoms with Crippen LogP contribution in [0.25, 0.3) is 6.08 Å². The average Bonchev–Trinajstić information content (AvgIpc) is 2.43. The summed E-state index contributed by atoms with van der Waals surface area (Å²) in [5, 5.41) is 9.34. The molecule has 0 aliphatic carbocycles. The van der Waals surface area contributed by atoms with Crippen LogP contribution in [-0.2, 0) is 9.53 Å². The van der Waals surface area contributed by atoms with Crippen LogP contribution in [0.3, 0.4) is 0 Å². The second-order valence-corrected chi connectivity index (χ2v) is 4.14. The summed E-state index contributed by atoms with van der Waals surface area (Å²) in [7, 11) is 1.25. The lowest BCUT2D eigenvalue weighted by Crippen LogP contribution is -2.21. The van der Waals surface area contributed by atoms with E-state index in [1.165, 1.54) is 19.4 Å². The quantitative estimate of drug-likeness (QED) is 0.468. The maximum atomic E-state index is 12.5. The number of rotatable bonds is 7. The average molecular weight is 267 g/mol. The fourth-order valence-electron chi connectivity index (χ4n) is 1.56. The van der Waals surface area contributed by atoms with Crippen LogP contribution in [0.2, 0.25) is 0 Å². The maximum absolute atomic E-state index is 12.5. The zero-order chi connectivity index (χ0) is 14.1. The minimum Gasteiger partial charge on any atom is -0.467 e. The van der Waals surface area contributed by atoms with E-state index in [1.54, 1.807) is 6.07 Å². The Bertz CT molecular complexity index is 417. The molecule has 0 spiro atoms. The highest BCUT2D eigenvalue weighted by Crippen LogP contribution is 2.07. The number of methoxy groups -OCH3 is 1. The third-order valence-electron chi connectivity index (χ3n) is 2.63. The monoisotopic (exact) mass is 267 g/mol. The molecule has 1 unspecified atom stereocenters. The largest absolute Gasteiger partial charge is 0.467 e. The van der Waals surface area contributed by atoms with Crippen LogP contribution in [-0.4, -0.2) is 29.3 Å². The summed E-state index contributed by atoms with van der Waals surface area (Å²) in [5.74, 6) is -1.08. The van der Waals surface area contributed by atoms with Crippen molar-refractivity contribution in [1.29, 1.82) is 0 Å². The highest BCUT2D eigenvalue weighted by atomic mass is 19.1. The van der Waals surface area contributed by atoms with Gasteiger partial charge in [0.15, 0.2) is 6.10 Å². The van der Waals surface area contributed by atoms with Gasteiger partial charge in [-0.2, -0.15) is 4.39 Å². The van der Waals surface area contributed by atoms with E-state index in [4.69, 9.17) is 0 Å². The van der Waals surface area contributed by atoms with Gasteiger partial charge in [-0.1, -0.05) is 12.2 Å². The number of aromatic nitrogens is 1. The summed E-state index contributed by atoms with van der Waals surface area (Å²) in [6.07, 6.45) is 7.08. The maximum Gasteiger partial charge on any atom is 0.334 e. The third-order valence-corrected chi connectivity index (χ3v) is 2.63. The number of unbranched alkanes of at least 4 members (excludes halogenated alkanes) is 2. The lowest BCUT2D eigenvalue weighted by molar-refractivity contribution is -0.150. The molecule has 0 aliphatic heterocycles. The van der Waals surface area contributed by atoms with Gasteiger partial charge in [-0.15, -0.1) is 0 Å². The van der Waals surface area contributed by atoms with Gasteiger partial charge in [0.05, 0.1) is 7.11 Å². The number of hydrogen-bond acceptors (Lipinski definition) is 4. The van der Waals surface area contributed by atoms with Crippen molar-refractivity contribution in [2.45, 2.75) is 31.8 Å². The van der Waals surface area contributed by atoms with Gasteiger partial charge in [0.1, 0.15) is 0 Å². The van der Waals surface area contributed by atoms with Gasteiger partial charge in [-0.25, -0.2) is 9.78 Å². The first-order chi connectivity index (χ1) is 9.13. The highest BCUT2D eigenvalue weighted by molar-refractivity contribution is 5.74. The predicted octanol–water partition coefficient (Wildman–Crippen LogP) is 2.33. The number of nitrogens with zero attached hydrogens (tertiary/aromatic N) is 1. The van der Waals surface area contributed by atoms with Crippen LogP contribution < -0.4 is 0 Å². The summed E-state index contributed by atoms with van der Waals surface area (Å²) in [4.78, 5) is 14.5. The van der Waals surface area contributed by atoms with Crippen molar-refractivity contribution in [2.75, 3.05) is 7.11 Å². The molecule has 1 atom stereocenters. The second-order valence-electron chi connectivity index (χ2n) is 4.14. The highest BCUT2D eigenvalue weighted by Gasteiger charge is 2.13. The molecule has 1 heterocycles. The molecule has 1 rings (SSSR count). The number of hydrogen-bond donors (Lipinski definition) is 1. The van der Waals surface area contributed by atoms with E-state index >= 15 is 0 Å². The van der Waals surface area contributed by atoms with Gasteiger partial charge < -0.3 is 9.84 Å². The number of carbonyl (C=O) groups excluding carboxylic acids is 1. The molecule has 5 heteroatoms. The van der Waals surface area contributed by atoms with E-state index < -0.39 is 18.0 Å². The first-order valence-electron chi connectivity index (χ1n) is 6.17. The molecule has 104 valence electrons. The minimum atomic E-state index is -1.03. The van der Waals surface area contributed by atoms with Gasteiger partial charge in [-0.3, -0.25) is 0 Å². The summed E-state index contributed by atoms with van der Waals surface area (Å²) >= 11 is 0. The van der Waals surface area contributed by atoms with Crippen molar-refractivity contribution in [3.8, 4) is 0 Å². The molecule has 0 bridgehead atoms. The summed E-state index contributed by atoms with van der Waals surface area (Å²) in [5.41, 5.74) is 0.844. The molecule has 4 nitrogen and oxygen atoms in total. The van der Waals surface area contributed by atoms with Crippen LogP contribution in [0.1, 0.15) is 31.2 Å². The molecule has 1 aromatic heterocycles. The first kappa shape index (κ1) is 15.3. The van der Waals surface area contributed by atoms with E-state index in [-0.39, 0.29) is 0 Å². The van der Waals surface area contributed by atoms with Gasteiger partial charge in [0.25, 0.3) is 0 Å². The van der Waals surface area contributed by atoms with E-state index in [2.05, 4.69) is 9.72 Å². The van der Waals surface area contributed by atoms with Crippen LogP contribution in [0, 0.1) is 5.95 Å². The Morgan fingerprint density at radius 2 is 2.32 bits per heavy atom. The lowest BCUT2D eigenvalue weighted by Gasteiger charge is -2.06. The van der Waals surface area contributed by atoms with E-state index in [1.807, 2.05) is 12.2 Å². The predicted molar refractivity (Wildman–Crippen MR) is 69.7 cm³/mol. The van der Waals surface area contributed by atoms with Crippen molar-refractivity contribution in [3.05, 3.63) is 35.9 Å². The molecule has 0 radical (unpaired) electrons. The zero-order valence-electron chi connectivity index (χ0n) is 10.9. The Morgan fingerprint density at radius 3 is 2.95 bits per heavy atom. The zero-order valence-corrected chi connectivity index (χ0v) is 10.9. The summed E-state index contributed by atoms with van der Waals surface area (Å²) < 4.78 is 17.0. The smallest absolute Gasteiger partial charge is 0.334 e. The Balaban J connectivity index is 2.17. The first-order valence-corrected chi connectivity index (χ1v) is 6.17. The summed E-state index contributed by atoms with van der Waals surface area (Å²) in [6.45, 7) is 0. The number of allylic oxidation sites excluding steroid dienone is 1. The van der Waals surface area contributed by atoms with Crippen LogP contribution in [0.4, 0.5) is 4.39 Å². The molecular weight excluding hydrogens is 249 g/mol. The molecule has 0 aliphatic rings. The van der Waals surface area contributed by atoms with E-state index in [9.17, 15) is 14.3 Å². The molecule has 0 saturated heterocycles. The number of esters is 1. The molecule has 0 aromatic carbocycles. The molecule has 1 N–H and O–H groups in total. The Hall–Kier alpha value is -1.75. The Morgan fingerprint density at radius 1 is 1.53 bits per heavy atom. The minimum absolute atomic E-state index is 0.401. The van der Waals surface area contributed by atoms with Gasteiger partial charge in [0.2, 0.25) is 5.95 Å². The van der Waals surface area contributed by atoms with Crippen LogP contribution in [0.15, 0.2) is 24.4 Å². The van der Waals surface area contributed by atoms with E-state index in [0.29, 0.717) is 6.42 Å². The fraction of sp³-hybridized carbons (Fsp3) is 0.429. The van der Waals surface area contributed by atoms with Gasteiger partial charge in [0, 0.05) is 6.20 Å². The second kappa shape index (κ2) is 8.37. The topological polar surface area (TPSA) is 59.4 Å². The van der Waals surface area contributed by atoms with Crippen molar-refractivity contribution < 1.29 is 19.0 Å². The standard InChI is InChI=1S/C14H18FNO3/c1-19-14(18)12(17)7-5-3-2-4-6-11-8-9-13(15)16-10-11/h4,6,8-10,12,17H,2-3,5,7H2,1H3. The number of carbonyl (C=O) groups is 1. The molecular formula is C14H18FNO3. The number of aliphatic hydroxyl groups excluding tert-OH is 1. The van der Waals surface area contributed by atoms with Crippen molar-refractivity contribution >= 4 is 12.0 Å². The summed E-state index contributed by atoms with van der Waals surface area (Å²) in [6, 6.07) is 2.96. The van der Waals surface area contributed by atoms with Gasteiger partial charge >= 0.3 is 5.97 Å². The molecule has 19 heavy (non-hydrogen) atoms.